The molecule has 8 heteroatoms. The molecule has 0 aromatic carbocycles. The van der Waals surface area contributed by atoms with Crippen LogP contribution in [0.15, 0.2) is 0 Å². The maximum Gasteiger partial charge on any atom is 0.419 e. The van der Waals surface area contributed by atoms with Gasteiger partial charge < -0.3 is 20.9 Å². The summed E-state index contributed by atoms with van der Waals surface area (Å²) in [5.74, 6) is -2.01. The highest BCUT2D eigenvalue weighted by atomic mass is 16.6. The lowest BCUT2D eigenvalue weighted by atomic mass is 9.86. The summed E-state index contributed by atoms with van der Waals surface area (Å²) in [6, 6.07) is -0.689. The third-order valence-electron chi connectivity index (χ3n) is 5.98. The van der Waals surface area contributed by atoms with E-state index in [1.165, 1.54) is 0 Å². The first-order valence-electron chi connectivity index (χ1n) is 9.48. The fraction of sp³-hybridized carbons (Fsp3) is 0.889. The number of hydrogen-bond acceptors (Lipinski definition) is 8. The minimum Gasteiger partial charge on any atom is -0.434 e. The molecule has 2 aliphatic rings. The van der Waals surface area contributed by atoms with Crippen LogP contribution in [-0.2, 0) is 19.1 Å². The number of ether oxygens (including phenoxy) is 2. The van der Waals surface area contributed by atoms with E-state index in [1.54, 1.807) is 9.80 Å². The van der Waals surface area contributed by atoms with Crippen LogP contribution in [0.5, 0.6) is 0 Å². The number of carbonyl (C=O) groups excluding carboxylic acids is 2. The second kappa shape index (κ2) is 8.21. The smallest absolute Gasteiger partial charge is 0.419 e. The van der Waals surface area contributed by atoms with Crippen molar-refractivity contribution in [3.63, 3.8) is 0 Å². The van der Waals surface area contributed by atoms with Crippen LogP contribution in [0.4, 0.5) is 0 Å². The lowest BCUT2D eigenvalue weighted by Gasteiger charge is -2.47. The van der Waals surface area contributed by atoms with Crippen LogP contribution in [0.2, 0.25) is 0 Å². The zero-order valence-corrected chi connectivity index (χ0v) is 16.5. The summed E-state index contributed by atoms with van der Waals surface area (Å²) in [4.78, 5) is 28.7. The van der Waals surface area contributed by atoms with Crippen molar-refractivity contribution in [3.05, 3.63) is 0 Å². The number of carbonyl (C=O) groups is 2. The van der Waals surface area contributed by atoms with Crippen LogP contribution < -0.4 is 11.5 Å². The van der Waals surface area contributed by atoms with Gasteiger partial charge in [-0.15, -0.1) is 0 Å². The molecule has 0 saturated heterocycles. The molecule has 150 valence electrons. The first kappa shape index (κ1) is 21.1. The number of likely N-dealkylation sites (N-methyl/N-ethyl adjacent to an activating group) is 2. The quantitative estimate of drug-likeness (QED) is 0.415. The van der Waals surface area contributed by atoms with E-state index in [0.29, 0.717) is 12.8 Å². The molecule has 2 saturated carbocycles. The highest BCUT2D eigenvalue weighted by Crippen LogP contribution is 2.35. The first-order valence-corrected chi connectivity index (χ1v) is 9.48. The van der Waals surface area contributed by atoms with E-state index in [-0.39, 0.29) is 12.1 Å². The van der Waals surface area contributed by atoms with Gasteiger partial charge in [0.25, 0.3) is 0 Å². The van der Waals surface area contributed by atoms with Gasteiger partial charge in [0.15, 0.2) is 11.4 Å². The van der Waals surface area contributed by atoms with Crippen molar-refractivity contribution < 1.29 is 19.1 Å². The Labute approximate surface area is 156 Å². The van der Waals surface area contributed by atoms with Crippen LogP contribution in [0.1, 0.15) is 51.4 Å². The molecular formula is C18H34N4O4. The van der Waals surface area contributed by atoms with Gasteiger partial charge in [0.1, 0.15) is 0 Å². The predicted octanol–water partition coefficient (Wildman–Crippen LogP) is 0.391. The summed E-state index contributed by atoms with van der Waals surface area (Å²) in [6.45, 7) is 0. The second-order valence-corrected chi connectivity index (χ2v) is 7.96. The van der Waals surface area contributed by atoms with Crippen molar-refractivity contribution in [2.45, 2.75) is 74.9 Å². The second-order valence-electron chi connectivity index (χ2n) is 7.96. The van der Waals surface area contributed by atoms with Gasteiger partial charge in [-0.3, -0.25) is 9.80 Å². The van der Waals surface area contributed by atoms with E-state index in [1.807, 2.05) is 28.2 Å². The monoisotopic (exact) mass is 370 g/mol. The Balaban J connectivity index is 2.14. The molecule has 0 heterocycles. The molecule has 2 rings (SSSR count). The number of nitrogens with two attached hydrogens (primary N) is 2. The van der Waals surface area contributed by atoms with E-state index in [4.69, 9.17) is 20.9 Å². The molecule has 0 spiro atoms. The third kappa shape index (κ3) is 3.88. The van der Waals surface area contributed by atoms with E-state index in [9.17, 15) is 9.59 Å². The van der Waals surface area contributed by atoms with Crippen LogP contribution >= 0.6 is 0 Å². The number of hydrogen-bond donors (Lipinski definition) is 2. The molecule has 0 radical (unpaired) electrons. The van der Waals surface area contributed by atoms with E-state index in [0.717, 1.165) is 38.5 Å². The Kier molecular flexibility index (Phi) is 6.65. The lowest BCUT2D eigenvalue weighted by Crippen LogP contribution is -2.64. The molecule has 0 aliphatic heterocycles. The van der Waals surface area contributed by atoms with Gasteiger partial charge in [0.05, 0.1) is 12.1 Å². The maximum atomic E-state index is 12.6. The lowest BCUT2D eigenvalue weighted by molar-refractivity contribution is -0.216. The summed E-state index contributed by atoms with van der Waals surface area (Å²) in [6.07, 6.45) is 6.42. The molecule has 8 nitrogen and oxygen atoms in total. The van der Waals surface area contributed by atoms with Gasteiger partial charge in [-0.05, 0) is 53.9 Å². The molecule has 0 unspecified atom stereocenters. The summed E-state index contributed by atoms with van der Waals surface area (Å²) >= 11 is 0. The van der Waals surface area contributed by atoms with Gasteiger partial charge in [-0.1, -0.05) is 12.8 Å². The molecule has 0 aromatic heterocycles. The summed E-state index contributed by atoms with van der Waals surface area (Å²) < 4.78 is 11.3. The average molecular weight is 370 g/mol. The van der Waals surface area contributed by atoms with Crippen molar-refractivity contribution in [3.8, 4) is 0 Å². The third-order valence-corrected chi connectivity index (χ3v) is 5.98. The summed E-state index contributed by atoms with van der Waals surface area (Å²) in [5.41, 5.74) is 10.5. The largest absolute Gasteiger partial charge is 0.434 e. The first-order chi connectivity index (χ1) is 12.2. The van der Waals surface area contributed by atoms with Crippen LogP contribution in [-0.4, -0.2) is 73.5 Å². The van der Waals surface area contributed by atoms with Crippen molar-refractivity contribution in [1.82, 2.24) is 9.80 Å². The normalized spacial score (nSPS) is 35.4. The molecule has 26 heavy (non-hydrogen) atoms. The Morgan fingerprint density at radius 2 is 1.12 bits per heavy atom. The van der Waals surface area contributed by atoms with Gasteiger partial charge in [0.2, 0.25) is 0 Å². The average Bonchev–Trinajstić information content (AvgIpc) is 2.58. The topological polar surface area (TPSA) is 111 Å². The van der Waals surface area contributed by atoms with Crippen LogP contribution in [0, 0.1) is 0 Å². The Bertz CT molecular complexity index is 481. The highest BCUT2D eigenvalue weighted by molar-refractivity contribution is 6.29. The molecule has 2 aliphatic carbocycles. The van der Waals surface area contributed by atoms with E-state index in [2.05, 4.69) is 0 Å². The van der Waals surface area contributed by atoms with E-state index < -0.39 is 23.4 Å². The highest BCUT2D eigenvalue weighted by Gasteiger charge is 2.49. The van der Waals surface area contributed by atoms with Gasteiger partial charge in [-0.2, -0.15) is 0 Å². The standard InChI is InChI=1S/C18H34N4O4/c1-21(2)17(11-7-5-9-13(17)19)25-15(23)16(24)26-18(22(3)4)12-8-6-10-14(18)20/h13-14H,5-12,19-20H2,1-4H3/t13-,14-,17-,18-/m1/s1. The van der Waals surface area contributed by atoms with Crippen LogP contribution in [0.3, 0.4) is 0 Å². The minimum atomic E-state index is -1.00. The maximum absolute atomic E-state index is 12.6. The number of esters is 2. The zero-order chi connectivity index (χ0) is 19.5. The Hall–Kier alpha value is -1.22. The fourth-order valence-electron chi connectivity index (χ4n) is 4.26. The molecule has 4 atom stereocenters. The Morgan fingerprint density at radius 1 is 0.769 bits per heavy atom. The molecule has 0 bridgehead atoms. The molecule has 0 amide bonds. The SMILES string of the molecule is CN(C)[C@@]1(OC(=O)C(=O)O[C@]2(N(C)C)CCCC[C@H]2N)CCCC[C@H]1N. The molecular weight excluding hydrogens is 336 g/mol. The molecule has 0 aromatic rings. The van der Waals surface area contributed by atoms with Crippen molar-refractivity contribution in [2.75, 3.05) is 28.2 Å². The van der Waals surface area contributed by atoms with Gasteiger partial charge in [0, 0.05) is 12.8 Å². The van der Waals surface area contributed by atoms with Gasteiger partial charge >= 0.3 is 11.9 Å². The summed E-state index contributed by atoms with van der Waals surface area (Å²) in [5, 5.41) is 0. The van der Waals surface area contributed by atoms with Crippen molar-refractivity contribution in [2.24, 2.45) is 11.5 Å². The Morgan fingerprint density at radius 3 is 1.38 bits per heavy atom. The van der Waals surface area contributed by atoms with Crippen molar-refractivity contribution >= 4 is 11.9 Å². The number of nitrogens with zero attached hydrogens (tertiary/aromatic N) is 2. The number of rotatable bonds is 4. The van der Waals surface area contributed by atoms with Gasteiger partial charge in [-0.25, -0.2) is 9.59 Å². The van der Waals surface area contributed by atoms with Crippen molar-refractivity contribution in [1.29, 1.82) is 0 Å². The summed E-state index contributed by atoms with van der Waals surface area (Å²) in [7, 11) is 7.23. The predicted molar refractivity (Wildman–Crippen MR) is 97.9 cm³/mol. The zero-order valence-electron chi connectivity index (χ0n) is 16.5. The minimum absolute atomic E-state index is 0.345. The fourth-order valence-corrected chi connectivity index (χ4v) is 4.26. The van der Waals surface area contributed by atoms with E-state index >= 15 is 0 Å². The molecule has 4 N–H and O–H groups in total. The molecule has 2 fully saturated rings. The van der Waals surface area contributed by atoms with Crippen LogP contribution in [0.25, 0.3) is 0 Å².